The van der Waals surface area contributed by atoms with Crippen LogP contribution in [0.5, 0.6) is 0 Å². The summed E-state index contributed by atoms with van der Waals surface area (Å²) >= 11 is 0. The van der Waals surface area contributed by atoms with Crippen LogP contribution in [0.2, 0.25) is 0 Å². The Bertz CT molecular complexity index is 1030. The van der Waals surface area contributed by atoms with E-state index in [0.29, 0.717) is 18.8 Å². The van der Waals surface area contributed by atoms with Crippen LogP contribution in [-0.2, 0) is 6.54 Å². The molecule has 0 unspecified atom stereocenters. The summed E-state index contributed by atoms with van der Waals surface area (Å²) in [4.78, 5) is 17.3. The van der Waals surface area contributed by atoms with Crippen LogP contribution in [0.4, 0.5) is 4.39 Å². The van der Waals surface area contributed by atoms with Crippen LogP contribution in [0, 0.1) is 19.7 Å². The second-order valence-corrected chi connectivity index (χ2v) is 7.82. The van der Waals surface area contributed by atoms with Crippen LogP contribution >= 0.6 is 0 Å². The lowest BCUT2D eigenvalue weighted by molar-refractivity contribution is 0.0754. The molecule has 2 aromatic carbocycles. The highest BCUT2D eigenvalue weighted by Gasteiger charge is 2.25. The van der Waals surface area contributed by atoms with Gasteiger partial charge in [-0.05, 0) is 55.7 Å². The smallest absolute Gasteiger partial charge is 0.276 e. The van der Waals surface area contributed by atoms with Crippen LogP contribution in [0.25, 0.3) is 5.69 Å². The van der Waals surface area contributed by atoms with Gasteiger partial charge in [-0.1, -0.05) is 29.5 Å². The lowest BCUT2D eigenvalue weighted by Gasteiger charge is -2.21. The molecule has 0 bridgehead atoms. The third kappa shape index (κ3) is 4.41. The normalized spacial score (nSPS) is 15.2. The first kappa shape index (κ1) is 20.2. The fraction of sp³-hybridized carbons (Fsp3) is 0.348. The molecule has 0 spiro atoms. The van der Waals surface area contributed by atoms with Crippen LogP contribution < -0.4 is 0 Å². The predicted molar refractivity (Wildman–Crippen MR) is 113 cm³/mol. The van der Waals surface area contributed by atoms with Gasteiger partial charge in [-0.15, -0.1) is 5.10 Å². The van der Waals surface area contributed by atoms with Gasteiger partial charge >= 0.3 is 0 Å². The molecule has 7 heteroatoms. The molecule has 0 aliphatic carbocycles. The van der Waals surface area contributed by atoms with Crippen LogP contribution in [0.3, 0.4) is 0 Å². The van der Waals surface area contributed by atoms with Crippen molar-refractivity contribution >= 4 is 5.91 Å². The third-order valence-corrected chi connectivity index (χ3v) is 5.54. The van der Waals surface area contributed by atoms with Gasteiger partial charge < -0.3 is 4.90 Å². The molecular weight excluding hydrogens is 381 g/mol. The zero-order valence-corrected chi connectivity index (χ0v) is 17.4. The van der Waals surface area contributed by atoms with Gasteiger partial charge in [0.25, 0.3) is 5.91 Å². The highest BCUT2D eigenvalue weighted by atomic mass is 19.1. The van der Waals surface area contributed by atoms with Gasteiger partial charge in [0.05, 0.1) is 11.4 Å². The Hall–Kier alpha value is -3.06. The maximum atomic E-state index is 13.1. The van der Waals surface area contributed by atoms with Gasteiger partial charge in [0, 0.05) is 32.7 Å². The van der Waals surface area contributed by atoms with E-state index in [1.165, 1.54) is 12.1 Å². The van der Waals surface area contributed by atoms with Crippen molar-refractivity contribution in [2.75, 3.05) is 26.2 Å². The summed E-state index contributed by atoms with van der Waals surface area (Å²) in [5.74, 6) is -0.296. The average molecular weight is 407 g/mol. The quantitative estimate of drug-likeness (QED) is 0.665. The summed E-state index contributed by atoms with van der Waals surface area (Å²) in [5, 5.41) is 8.42. The van der Waals surface area contributed by atoms with Crippen LogP contribution in [0.1, 0.15) is 33.7 Å². The molecule has 2 heterocycles. The van der Waals surface area contributed by atoms with Gasteiger partial charge in [0.15, 0.2) is 5.69 Å². The van der Waals surface area contributed by atoms with Crippen molar-refractivity contribution in [3.63, 3.8) is 0 Å². The molecule has 1 aliphatic rings. The van der Waals surface area contributed by atoms with E-state index in [4.69, 9.17) is 0 Å². The van der Waals surface area contributed by atoms with E-state index in [1.54, 1.807) is 4.68 Å². The molecule has 3 aromatic rings. The zero-order valence-electron chi connectivity index (χ0n) is 17.4. The Labute approximate surface area is 175 Å². The van der Waals surface area contributed by atoms with E-state index in [0.717, 1.165) is 48.6 Å². The summed E-state index contributed by atoms with van der Waals surface area (Å²) in [7, 11) is 0. The number of aryl methyl sites for hydroxylation is 1. The lowest BCUT2D eigenvalue weighted by Crippen LogP contribution is -2.35. The molecule has 0 atom stereocenters. The van der Waals surface area contributed by atoms with E-state index in [2.05, 4.69) is 15.2 Å². The topological polar surface area (TPSA) is 54.3 Å². The minimum atomic E-state index is -0.222. The Balaban J connectivity index is 1.43. The van der Waals surface area contributed by atoms with E-state index >= 15 is 0 Å². The fourth-order valence-corrected chi connectivity index (χ4v) is 3.86. The molecule has 156 valence electrons. The Morgan fingerprint density at radius 1 is 1.03 bits per heavy atom. The Morgan fingerprint density at radius 2 is 1.83 bits per heavy atom. The molecular formula is C23H26FN5O. The third-order valence-electron chi connectivity index (χ3n) is 5.54. The molecule has 0 saturated carbocycles. The molecule has 30 heavy (non-hydrogen) atoms. The monoisotopic (exact) mass is 407 g/mol. The molecule has 0 radical (unpaired) electrons. The van der Waals surface area contributed by atoms with Gasteiger partial charge in [0.1, 0.15) is 5.82 Å². The van der Waals surface area contributed by atoms with E-state index < -0.39 is 0 Å². The number of rotatable bonds is 4. The molecule has 4 rings (SSSR count). The van der Waals surface area contributed by atoms with Crippen LogP contribution in [-0.4, -0.2) is 56.9 Å². The van der Waals surface area contributed by atoms with Gasteiger partial charge in [-0.25, -0.2) is 9.07 Å². The second kappa shape index (κ2) is 8.75. The SMILES string of the molecule is Cc1cccc(-n2nnc(C(=O)N3CCCN(Cc4ccc(F)cc4)CC3)c2C)c1. The molecule has 1 aliphatic heterocycles. The standard InChI is InChI=1S/C23H26FN5O/c1-17-5-3-6-21(15-17)29-18(2)22(25-26-29)23(30)28-12-4-11-27(13-14-28)16-19-7-9-20(24)10-8-19/h3,5-10,15H,4,11-14,16H2,1-2H3. The molecule has 1 aromatic heterocycles. The van der Waals surface area contributed by atoms with Crippen LogP contribution in [0.15, 0.2) is 48.5 Å². The number of nitrogens with zero attached hydrogens (tertiary/aromatic N) is 5. The van der Waals surface area contributed by atoms with E-state index in [-0.39, 0.29) is 11.7 Å². The number of aromatic nitrogens is 3. The number of halogens is 1. The number of benzene rings is 2. The van der Waals surface area contributed by atoms with E-state index in [9.17, 15) is 9.18 Å². The summed E-state index contributed by atoms with van der Waals surface area (Å²) in [6.07, 6.45) is 0.887. The highest BCUT2D eigenvalue weighted by Crippen LogP contribution is 2.17. The molecule has 1 fully saturated rings. The largest absolute Gasteiger partial charge is 0.336 e. The Morgan fingerprint density at radius 3 is 2.60 bits per heavy atom. The molecule has 0 N–H and O–H groups in total. The molecule has 6 nitrogen and oxygen atoms in total. The van der Waals surface area contributed by atoms with Crippen molar-refractivity contribution in [2.45, 2.75) is 26.8 Å². The maximum absolute atomic E-state index is 13.1. The van der Waals surface area contributed by atoms with Crippen molar-refractivity contribution < 1.29 is 9.18 Å². The van der Waals surface area contributed by atoms with Gasteiger partial charge in [0.2, 0.25) is 0 Å². The van der Waals surface area contributed by atoms with E-state index in [1.807, 2.05) is 55.1 Å². The summed E-state index contributed by atoms with van der Waals surface area (Å²) in [6.45, 7) is 7.66. The summed E-state index contributed by atoms with van der Waals surface area (Å²) in [5.41, 5.74) is 4.26. The van der Waals surface area contributed by atoms with Crippen molar-refractivity contribution in [2.24, 2.45) is 0 Å². The predicted octanol–water partition coefficient (Wildman–Crippen LogP) is 3.37. The van der Waals surface area contributed by atoms with Gasteiger partial charge in [-0.2, -0.15) is 0 Å². The average Bonchev–Trinajstić information content (AvgIpc) is 2.97. The fourth-order valence-electron chi connectivity index (χ4n) is 3.86. The maximum Gasteiger partial charge on any atom is 0.276 e. The number of amides is 1. The minimum Gasteiger partial charge on any atom is -0.336 e. The first-order chi connectivity index (χ1) is 14.5. The summed E-state index contributed by atoms with van der Waals surface area (Å²) < 4.78 is 14.8. The minimum absolute atomic E-state index is 0.0740. The number of hydrogen-bond donors (Lipinski definition) is 0. The summed E-state index contributed by atoms with van der Waals surface area (Å²) in [6, 6.07) is 14.6. The van der Waals surface area contributed by atoms with Crippen molar-refractivity contribution in [3.05, 3.63) is 76.9 Å². The van der Waals surface area contributed by atoms with Crippen molar-refractivity contribution in [1.82, 2.24) is 24.8 Å². The first-order valence-electron chi connectivity index (χ1n) is 10.3. The zero-order chi connectivity index (χ0) is 21.1. The second-order valence-electron chi connectivity index (χ2n) is 7.82. The molecule has 1 amide bonds. The highest BCUT2D eigenvalue weighted by molar-refractivity contribution is 5.93. The first-order valence-corrected chi connectivity index (χ1v) is 10.3. The van der Waals surface area contributed by atoms with Crippen molar-refractivity contribution in [3.8, 4) is 5.69 Å². The number of hydrogen-bond acceptors (Lipinski definition) is 4. The number of carbonyl (C=O) groups is 1. The molecule has 1 saturated heterocycles. The Kier molecular flexibility index (Phi) is 5.90. The van der Waals surface area contributed by atoms with Gasteiger partial charge in [-0.3, -0.25) is 9.69 Å². The van der Waals surface area contributed by atoms with Crippen molar-refractivity contribution in [1.29, 1.82) is 0 Å². The number of carbonyl (C=O) groups excluding carboxylic acids is 1. The lowest BCUT2D eigenvalue weighted by atomic mass is 10.2.